The van der Waals surface area contributed by atoms with Crippen molar-refractivity contribution in [1.29, 1.82) is 0 Å². The van der Waals surface area contributed by atoms with E-state index in [2.05, 4.69) is 62.8 Å². The van der Waals surface area contributed by atoms with Crippen LogP contribution in [0.1, 0.15) is 36.7 Å². The summed E-state index contributed by atoms with van der Waals surface area (Å²) in [4.78, 5) is 11.5. The number of halogens is 1. The molecule has 2 N–H and O–H groups in total. The van der Waals surface area contributed by atoms with Gasteiger partial charge in [0.2, 0.25) is 0 Å². The molecule has 152 valence electrons. The van der Waals surface area contributed by atoms with Crippen molar-refractivity contribution < 1.29 is 0 Å². The Hall–Kier alpha value is -1.67. The van der Waals surface area contributed by atoms with Gasteiger partial charge < -0.3 is 10.6 Å². The molecule has 0 saturated carbocycles. The average molecular weight is 493 g/mol. The van der Waals surface area contributed by atoms with Crippen molar-refractivity contribution in [1.82, 2.24) is 20.5 Å². The topological polar surface area (TPSA) is 52.6 Å². The predicted octanol–water partition coefficient (Wildman–Crippen LogP) is 3.73. The zero-order valence-electron chi connectivity index (χ0n) is 17.1. The molecule has 1 aliphatic rings. The van der Waals surface area contributed by atoms with E-state index in [1.165, 1.54) is 5.56 Å². The van der Waals surface area contributed by atoms with Gasteiger partial charge in [-0.1, -0.05) is 36.4 Å². The monoisotopic (exact) mass is 493 g/mol. The Morgan fingerprint density at radius 2 is 1.96 bits per heavy atom. The first-order valence-corrected chi connectivity index (χ1v) is 9.81. The van der Waals surface area contributed by atoms with Gasteiger partial charge in [-0.2, -0.15) is 0 Å². The van der Waals surface area contributed by atoms with Gasteiger partial charge in [-0.25, -0.2) is 0 Å². The van der Waals surface area contributed by atoms with Crippen molar-refractivity contribution in [3.8, 4) is 0 Å². The van der Waals surface area contributed by atoms with E-state index in [9.17, 15) is 0 Å². The molecule has 1 aliphatic heterocycles. The number of pyridine rings is 1. The fourth-order valence-corrected chi connectivity index (χ4v) is 3.66. The maximum Gasteiger partial charge on any atom is 0.191 e. The molecule has 28 heavy (non-hydrogen) atoms. The summed E-state index contributed by atoms with van der Waals surface area (Å²) in [7, 11) is 1.83. The highest BCUT2D eigenvalue weighted by molar-refractivity contribution is 14.0. The van der Waals surface area contributed by atoms with Gasteiger partial charge >= 0.3 is 0 Å². The second-order valence-electron chi connectivity index (χ2n) is 7.37. The van der Waals surface area contributed by atoms with Gasteiger partial charge in [-0.15, -0.1) is 24.0 Å². The Labute approximate surface area is 186 Å². The van der Waals surface area contributed by atoms with Crippen LogP contribution in [0.5, 0.6) is 0 Å². The Kier molecular flexibility index (Phi) is 9.18. The van der Waals surface area contributed by atoms with Crippen LogP contribution in [0.25, 0.3) is 0 Å². The largest absolute Gasteiger partial charge is 0.354 e. The van der Waals surface area contributed by atoms with Gasteiger partial charge in [0.15, 0.2) is 5.96 Å². The maximum atomic E-state index is 4.54. The molecule has 0 amide bonds. The van der Waals surface area contributed by atoms with Crippen LogP contribution in [-0.4, -0.2) is 41.5 Å². The molecule has 2 aromatic rings. The standard InChI is InChI=1S/C22H31N5.HI/c1-17-8-7-11-21(25-17)15-24-22(23-3)26-20-12-13-27(18(2)14-20)16-19-9-5-4-6-10-19;/h4-11,18,20H,12-16H2,1-3H3,(H2,23,24,26);1H. The number of guanidine groups is 1. The molecule has 1 saturated heterocycles. The highest BCUT2D eigenvalue weighted by Crippen LogP contribution is 2.19. The lowest BCUT2D eigenvalue weighted by atomic mass is 9.97. The summed E-state index contributed by atoms with van der Waals surface area (Å²) in [6.45, 7) is 7.15. The van der Waals surface area contributed by atoms with Crippen LogP contribution in [0.4, 0.5) is 0 Å². The van der Waals surface area contributed by atoms with E-state index in [4.69, 9.17) is 0 Å². The van der Waals surface area contributed by atoms with Crippen molar-refractivity contribution in [3.05, 3.63) is 65.5 Å². The van der Waals surface area contributed by atoms with Crippen LogP contribution < -0.4 is 10.6 Å². The second-order valence-corrected chi connectivity index (χ2v) is 7.37. The number of likely N-dealkylation sites (tertiary alicyclic amines) is 1. The SMILES string of the molecule is CN=C(NCc1cccc(C)n1)NC1CCN(Cc2ccccc2)C(C)C1.I. The molecule has 2 atom stereocenters. The van der Waals surface area contributed by atoms with E-state index >= 15 is 0 Å². The number of rotatable bonds is 5. The minimum absolute atomic E-state index is 0. The van der Waals surface area contributed by atoms with Gasteiger partial charge in [-0.3, -0.25) is 14.9 Å². The second kappa shape index (κ2) is 11.4. The summed E-state index contributed by atoms with van der Waals surface area (Å²) in [6, 6.07) is 17.8. The Balaban J connectivity index is 0.00000280. The molecule has 1 aromatic heterocycles. The summed E-state index contributed by atoms with van der Waals surface area (Å²) < 4.78 is 0. The number of hydrogen-bond acceptors (Lipinski definition) is 3. The third-order valence-corrected chi connectivity index (χ3v) is 5.19. The lowest BCUT2D eigenvalue weighted by molar-refractivity contribution is 0.134. The smallest absolute Gasteiger partial charge is 0.191 e. The molecule has 0 bridgehead atoms. The molecule has 1 fully saturated rings. The van der Waals surface area contributed by atoms with Crippen molar-refractivity contribution in [2.75, 3.05) is 13.6 Å². The number of hydrogen-bond donors (Lipinski definition) is 2. The van der Waals surface area contributed by atoms with Crippen LogP contribution in [0.15, 0.2) is 53.5 Å². The molecule has 0 spiro atoms. The molecule has 2 unspecified atom stereocenters. The number of piperidine rings is 1. The summed E-state index contributed by atoms with van der Waals surface area (Å²) in [5.41, 5.74) is 3.46. The van der Waals surface area contributed by atoms with Crippen molar-refractivity contribution in [2.45, 2.75) is 51.9 Å². The molecule has 0 radical (unpaired) electrons. The quantitative estimate of drug-likeness (QED) is 0.379. The first-order valence-electron chi connectivity index (χ1n) is 9.81. The molecular weight excluding hydrogens is 461 g/mol. The maximum absolute atomic E-state index is 4.54. The summed E-state index contributed by atoms with van der Waals surface area (Å²) in [5, 5.41) is 6.98. The number of aliphatic imine (C=N–C) groups is 1. The van der Waals surface area contributed by atoms with Gasteiger partial charge in [0.05, 0.1) is 12.2 Å². The van der Waals surface area contributed by atoms with Crippen molar-refractivity contribution in [2.24, 2.45) is 4.99 Å². The summed E-state index contributed by atoms with van der Waals surface area (Å²) in [5.74, 6) is 0.854. The van der Waals surface area contributed by atoms with E-state index in [0.717, 1.165) is 43.3 Å². The minimum atomic E-state index is 0. The Bertz CT molecular complexity index is 750. The molecule has 3 rings (SSSR count). The molecule has 2 heterocycles. The van der Waals surface area contributed by atoms with Gasteiger partial charge in [0.25, 0.3) is 0 Å². The fourth-order valence-electron chi connectivity index (χ4n) is 3.66. The first-order chi connectivity index (χ1) is 13.1. The van der Waals surface area contributed by atoms with E-state index in [1.54, 1.807) is 0 Å². The number of aromatic nitrogens is 1. The van der Waals surface area contributed by atoms with Crippen LogP contribution in [0.3, 0.4) is 0 Å². The van der Waals surface area contributed by atoms with E-state index < -0.39 is 0 Å². The lowest BCUT2D eigenvalue weighted by Gasteiger charge is -2.38. The highest BCUT2D eigenvalue weighted by Gasteiger charge is 2.25. The Morgan fingerprint density at radius 1 is 1.18 bits per heavy atom. The lowest BCUT2D eigenvalue weighted by Crippen LogP contribution is -2.51. The van der Waals surface area contributed by atoms with Crippen LogP contribution in [0, 0.1) is 6.92 Å². The summed E-state index contributed by atoms with van der Waals surface area (Å²) >= 11 is 0. The third-order valence-electron chi connectivity index (χ3n) is 5.19. The van der Waals surface area contributed by atoms with E-state index in [-0.39, 0.29) is 24.0 Å². The molecule has 6 heteroatoms. The number of benzene rings is 1. The average Bonchev–Trinajstić information content (AvgIpc) is 2.68. The molecular formula is C22H32IN5. The van der Waals surface area contributed by atoms with Gasteiger partial charge in [0.1, 0.15) is 0 Å². The van der Waals surface area contributed by atoms with Crippen LogP contribution >= 0.6 is 24.0 Å². The fraction of sp³-hybridized carbons (Fsp3) is 0.455. The summed E-state index contributed by atoms with van der Waals surface area (Å²) in [6.07, 6.45) is 2.25. The number of nitrogens with zero attached hydrogens (tertiary/aromatic N) is 3. The number of nitrogens with one attached hydrogen (secondary N) is 2. The normalized spacial score (nSPS) is 20.3. The first kappa shape index (κ1) is 22.6. The van der Waals surface area contributed by atoms with Crippen LogP contribution in [-0.2, 0) is 13.1 Å². The van der Waals surface area contributed by atoms with Crippen molar-refractivity contribution in [3.63, 3.8) is 0 Å². The van der Waals surface area contributed by atoms with Gasteiger partial charge in [0, 0.05) is 37.9 Å². The van der Waals surface area contributed by atoms with Crippen molar-refractivity contribution >= 4 is 29.9 Å². The molecule has 0 aliphatic carbocycles. The zero-order valence-corrected chi connectivity index (χ0v) is 19.4. The van der Waals surface area contributed by atoms with Gasteiger partial charge in [-0.05, 0) is 44.4 Å². The Morgan fingerprint density at radius 3 is 2.64 bits per heavy atom. The molecule has 1 aromatic carbocycles. The highest BCUT2D eigenvalue weighted by atomic mass is 127. The number of aryl methyl sites for hydroxylation is 1. The minimum Gasteiger partial charge on any atom is -0.354 e. The predicted molar refractivity (Wildman–Crippen MR) is 127 cm³/mol. The van der Waals surface area contributed by atoms with E-state index in [0.29, 0.717) is 18.6 Å². The molecule has 5 nitrogen and oxygen atoms in total. The van der Waals surface area contributed by atoms with E-state index in [1.807, 2.05) is 32.2 Å². The third kappa shape index (κ3) is 6.74. The van der Waals surface area contributed by atoms with Crippen LogP contribution in [0.2, 0.25) is 0 Å². The zero-order chi connectivity index (χ0) is 19.1.